The van der Waals surface area contributed by atoms with E-state index in [4.69, 9.17) is 0 Å². The lowest BCUT2D eigenvalue weighted by molar-refractivity contribution is 0.0949. The Bertz CT molecular complexity index is 865. The Balaban J connectivity index is 1.43. The number of hydrogen-bond acceptors (Lipinski definition) is 5. The molecule has 0 atom stereocenters. The first-order valence-electron chi connectivity index (χ1n) is 8.93. The fourth-order valence-corrected chi connectivity index (χ4v) is 3.46. The molecule has 134 valence electrons. The minimum Gasteiger partial charge on any atom is -0.345 e. The molecule has 0 unspecified atom stereocenters. The van der Waals surface area contributed by atoms with Gasteiger partial charge in [-0.05, 0) is 31.0 Å². The van der Waals surface area contributed by atoms with Crippen LogP contribution in [0.25, 0.3) is 5.69 Å². The van der Waals surface area contributed by atoms with Gasteiger partial charge in [-0.1, -0.05) is 25.3 Å². The number of amides is 1. The first kappa shape index (κ1) is 16.4. The van der Waals surface area contributed by atoms with Gasteiger partial charge in [0.1, 0.15) is 19.0 Å². The third-order valence-corrected chi connectivity index (χ3v) is 4.85. The third kappa shape index (κ3) is 3.49. The molecule has 1 N–H and O–H groups in total. The van der Waals surface area contributed by atoms with E-state index in [1.165, 1.54) is 19.3 Å². The molecule has 0 spiro atoms. The molecular weight excluding hydrogens is 330 g/mol. The van der Waals surface area contributed by atoms with Gasteiger partial charge in [0, 0.05) is 17.3 Å². The summed E-state index contributed by atoms with van der Waals surface area (Å²) in [5, 5.41) is 18.8. The van der Waals surface area contributed by atoms with Crippen molar-refractivity contribution in [2.75, 3.05) is 0 Å². The van der Waals surface area contributed by atoms with E-state index >= 15 is 0 Å². The summed E-state index contributed by atoms with van der Waals surface area (Å²) in [5.41, 5.74) is 1.42. The average Bonchev–Trinajstić information content (AvgIpc) is 3.39. The van der Waals surface area contributed by atoms with Gasteiger partial charge >= 0.3 is 0 Å². The highest BCUT2D eigenvalue weighted by atomic mass is 16.1. The van der Waals surface area contributed by atoms with Gasteiger partial charge in [-0.25, -0.2) is 0 Å². The normalized spacial score (nSPS) is 15.1. The molecule has 8 nitrogen and oxygen atoms in total. The van der Waals surface area contributed by atoms with E-state index in [0.717, 1.165) is 24.4 Å². The van der Waals surface area contributed by atoms with Crippen LogP contribution in [0.1, 0.15) is 54.3 Å². The van der Waals surface area contributed by atoms with E-state index in [2.05, 4.69) is 30.3 Å². The summed E-state index contributed by atoms with van der Waals surface area (Å²) in [6.07, 6.45) is 11.1. The highest BCUT2D eigenvalue weighted by Crippen LogP contribution is 2.28. The Morgan fingerprint density at radius 2 is 1.88 bits per heavy atom. The van der Waals surface area contributed by atoms with E-state index in [-0.39, 0.29) is 5.91 Å². The first-order chi connectivity index (χ1) is 12.8. The van der Waals surface area contributed by atoms with Gasteiger partial charge in [-0.2, -0.15) is 0 Å². The molecule has 1 fully saturated rings. The zero-order chi connectivity index (χ0) is 17.8. The van der Waals surface area contributed by atoms with Crippen molar-refractivity contribution in [1.29, 1.82) is 0 Å². The van der Waals surface area contributed by atoms with Gasteiger partial charge in [0.2, 0.25) is 0 Å². The highest BCUT2D eigenvalue weighted by molar-refractivity contribution is 5.94. The Morgan fingerprint density at radius 1 is 1.08 bits per heavy atom. The van der Waals surface area contributed by atoms with Crippen LogP contribution in [0.15, 0.2) is 43.2 Å². The number of nitrogens with one attached hydrogen (secondary N) is 1. The van der Waals surface area contributed by atoms with Crippen LogP contribution < -0.4 is 5.32 Å². The zero-order valence-electron chi connectivity index (χ0n) is 14.5. The largest absolute Gasteiger partial charge is 0.345 e. The van der Waals surface area contributed by atoms with Crippen molar-refractivity contribution >= 4 is 5.91 Å². The van der Waals surface area contributed by atoms with Gasteiger partial charge < -0.3 is 9.88 Å². The number of hydrogen-bond donors (Lipinski definition) is 1. The summed E-state index contributed by atoms with van der Waals surface area (Å²) in [7, 11) is 0. The van der Waals surface area contributed by atoms with E-state index < -0.39 is 0 Å². The van der Waals surface area contributed by atoms with Crippen LogP contribution in [0.3, 0.4) is 0 Å². The average molecular weight is 351 g/mol. The van der Waals surface area contributed by atoms with Crippen LogP contribution >= 0.6 is 0 Å². The molecule has 2 aromatic heterocycles. The minimum atomic E-state index is -0.141. The molecular formula is C18H21N7O. The molecule has 26 heavy (non-hydrogen) atoms. The second-order valence-corrected chi connectivity index (χ2v) is 6.55. The van der Waals surface area contributed by atoms with Gasteiger partial charge in [-0.3, -0.25) is 9.36 Å². The number of carbonyl (C=O) groups is 1. The van der Waals surface area contributed by atoms with E-state index in [1.807, 2.05) is 18.2 Å². The molecule has 1 aromatic carbocycles. The first-order valence-corrected chi connectivity index (χ1v) is 8.93. The predicted octanol–water partition coefficient (Wildman–Crippen LogP) is 2.29. The molecule has 0 bridgehead atoms. The third-order valence-electron chi connectivity index (χ3n) is 4.85. The van der Waals surface area contributed by atoms with Gasteiger partial charge in [0.05, 0.1) is 6.54 Å². The standard InChI is InChI=1S/C18H21N7O/c26-18(14-5-4-8-16(9-14)24-11-20-21-12-24)19-10-17-23-22-13-25(17)15-6-2-1-3-7-15/h4-5,8-9,11-13,15H,1-3,6-7,10H2,(H,19,26). The summed E-state index contributed by atoms with van der Waals surface area (Å²) in [4.78, 5) is 12.5. The Kier molecular flexibility index (Phi) is 4.72. The summed E-state index contributed by atoms with van der Waals surface area (Å²) in [6, 6.07) is 7.79. The lowest BCUT2D eigenvalue weighted by atomic mass is 9.95. The molecule has 1 saturated carbocycles. The molecule has 4 rings (SSSR count). The quantitative estimate of drug-likeness (QED) is 0.762. The maximum absolute atomic E-state index is 12.5. The van der Waals surface area contributed by atoms with Crippen LogP contribution in [0, 0.1) is 0 Å². The Labute approximate surface area is 151 Å². The van der Waals surface area contributed by atoms with Crippen LogP contribution in [0.5, 0.6) is 0 Å². The van der Waals surface area contributed by atoms with Crippen molar-refractivity contribution in [1.82, 2.24) is 34.8 Å². The summed E-state index contributed by atoms with van der Waals surface area (Å²) >= 11 is 0. The van der Waals surface area contributed by atoms with Crippen LogP contribution in [0.2, 0.25) is 0 Å². The van der Waals surface area contributed by atoms with Crippen molar-refractivity contribution in [3.05, 3.63) is 54.6 Å². The maximum Gasteiger partial charge on any atom is 0.251 e. The van der Waals surface area contributed by atoms with E-state index in [9.17, 15) is 4.79 Å². The number of aromatic nitrogens is 6. The topological polar surface area (TPSA) is 90.5 Å². The molecule has 8 heteroatoms. The number of carbonyl (C=O) groups excluding carboxylic acids is 1. The molecule has 0 saturated heterocycles. The van der Waals surface area contributed by atoms with Crippen LogP contribution in [0.4, 0.5) is 0 Å². The van der Waals surface area contributed by atoms with Crippen LogP contribution in [-0.4, -0.2) is 35.4 Å². The molecule has 1 amide bonds. The highest BCUT2D eigenvalue weighted by Gasteiger charge is 2.19. The van der Waals surface area contributed by atoms with Crippen molar-refractivity contribution in [3.8, 4) is 5.69 Å². The second-order valence-electron chi connectivity index (χ2n) is 6.55. The zero-order valence-corrected chi connectivity index (χ0v) is 14.5. The Hall–Kier alpha value is -3.03. The number of benzene rings is 1. The minimum absolute atomic E-state index is 0.141. The molecule has 0 aliphatic heterocycles. The molecule has 3 aromatic rings. The smallest absolute Gasteiger partial charge is 0.251 e. The lowest BCUT2D eigenvalue weighted by Crippen LogP contribution is -2.26. The van der Waals surface area contributed by atoms with Gasteiger partial charge in [0.15, 0.2) is 5.82 Å². The maximum atomic E-state index is 12.5. The van der Waals surface area contributed by atoms with E-state index in [0.29, 0.717) is 18.2 Å². The van der Waals surface area contributed by atoms with Crippen molar-refractivity contribution in [2.24, 2.45) is 0 Å². The SMILES string of the molecule is O=C(NCc1nncn1C1CCCCC1)c1cccc(-n2cnnc2)c1. The van der Waals surface area contributed by atoms with Crippen molar-refractivity contribution in [2.45, 2.75) is 44.7 Å². The number of nitrogens with zero attached hydrogens (tertiary/aromatic N) is 6. The second kappa shape index (κ2) is 7.47. The van der Waals surface area contributed by atoms with Gasteiger partial charge in [0.25, 0.3) is 5.91 Å². The molecule has 2 heterocycles. The Morgan fingerprint density at radius 3 is 2.69 bits per heavy atom. The molecule has 1 aliphatic carbocycles. The lowest BCUT2D eigenvalue weighted by Gasteiger charge is -2.24. The summed E-state index contributed by atoms with van der Waals surface area (Å²) in [5.74, 6) is 0.665. The summed E-state index contributed by atoms with van der Waals surface area (Å²) in [6.45, 7) is 0.367. The molecule has 1 aliphatic rings. The van der Waals surface area contributed by atoms with Crippen LogP contribution in [-0.2, 0) is 6.54 Å². The molecule has 0 radical (unpaired) electrons. The summed E-state index contributed by atoms with van der Waals surface area (Å²) < 4.78 is 3.88. The van der Waals surface area contributed by atoms with Crippen molar-refractivity contribution in [3.63, 3.8) is 0 Å². The number of rotatable bonds is 5. The predicted molar refractivity (Wildman–Crippen MR) is 94.7 cm³/mol. The van der Waals surface area contributed by atoms with Crippen molar-refractivity contribution < 1.29 is 4.79 Å². The monoisotopic (exact) mass is 351 g/mol. The van der Waals surface area contributed by atoms with Gasteiger partial charge in [-0.15, -0.1) is 20.4 Å². The fourth-order valence-electron chi connectivity index (χ4n) is 3.46. The fraction of sp³-hybridized carbons (Fsp3) is 0.389. The van der Waals surface area contributed by atoms with E-state index in [1.54, 1.807) is 29.6 Å².